The quantitative estimate of drug-likeness (QED) is 0.229. The number of hydrogen-bond donors (Lipinski definition) is 2. The zero-order valence-corrected chi connectivity index (χ0v) is 21.0. The van der Waals surface area contributed by atoms with Gasteiger partial charge >= 0.3 is 5.97 Å². The van der Waals surface area contributed by atoms with Crippen molar-refractivity contribution in [3.05, 3.63) is 110 Å². The largest absolute Gasteiger partial charge is 0.467 e. The van der Waals surface area contributed by atoms with E-state index in [2.05, 4.69) is 20.6 Å². The summed E-state index contributed by atoms with van der Waals surface area (Å²) in [6.07, 6.45) is 7.31. The third-order valence-electron chi connectivity index (χ3n) is 6.13. The van der Waals surface area contributed by atoms with Crippen LogP contribution in [-0.4, -0.2) is 48.6 Å². The fourth-order valence-electron chi connectivity index (χ4n) is 4.01. The fourth-order valence-corrected chi connectivity index (χ4v) is 4.01. The summed E-state index contributed by atoms with van der Waals surface area (Å²) in [4.78, 5) is 59.3. The van der Waals surface area contributed by atoms with Gasteiger partial charge in [0, 0.05) is 50.5 Å². The van der Waals surface area contributed by atoms with Crippen molar-refractivity contribution in [1.82, 2.24) is 9.97 Å². The van der Waals surface area contributed by atoms with Crippen LogP contribution >= 0.6 is 0 Å². The molecular weight excluding hydrogens is 486 g/mol. The van der Waals surface area contributed by atoms with Gasteiger partial charge in [0.1, 0.15) is 17.4 Å². The van der Waals surface area contributed by atoms with Gasteiger partial charge in [0.2, 0.25) is 0 Å². The molecule has 0 saturated carbocycles. The maximum Gasteiger partial charge on any atom is 0.328 e. The Morgan fingerprint density at radius 2 is 1.68 bits per heavy atom. The predicted molar refractivity (Wildman–Crippen MR) is 144 cm³/mol. The lowest BCUT2D eigenvalue weighted by atomic mass is 10.0. The van der Waals surface area contributed by atoms with E-state index in [0.29, 0.717) is 24.2 Å². The second-order valence-electron chi connectivity index (χ2n) is 8.73. The Morgan fingerprint density at radius 1 is 0.947 bits per heavy atom. The van der Waals surface area contributed by atoms with Crippen molar-refractivity contribution in [2.24, 2.45) is 0 Å². The number of esters is 1. The zero-order valence-electron chi connectivity index (χ0n) is 21.0. The molecule has 0 aliphatic heterocycles. The fraction of sp³-hybridized carbons (Fsp3) is 0.214. The molecule has 194 valence electrons. The Bertz CT molecular complexity index is 1470. The minimum atomic E-state index is -0.897. The van der Waals surface area contributed by atoms with Crippen molar-refractivity contribution in [1.29, 1.82) is 0 Å². The smallest absolute Gasteiger partial charge is 0.328 e. The number of hydrogen-bond acceptors (Lipinski definition) is 9. The van der Waals surface area contributed by atoms with Crippen LogP contribution < -0.4 is 26.4 Å². The van der Waals surface area contributed by atoms with E-state index in [1.807, 2.05) is 12.1 Å². The van der Waals surface area contributed by atoms with Crippen LogP contribution in [0.3, 0.4) is 0 Å². The molecule has 2 aromatic heterocycles. The summed E-state index contributed by atoms with van der Waals surface area (Å²) in [6, 6.07) is 13.2. The highest BCUT2D eigenvalue weighted by molar-refractivity contribution is 6.04. The minimum absolute atomic E-state index is 0.1000. The van der Waals surface area contributed by atoms with Crippen molar-refractivity contribution in [2.75, 3.05) is 36.2 Å². The number of rotatable bonds is 11. The van der Waals surface area contributed by atoms with Crippen LogP contribution in [0.25, 0.3) is 0 Å². The average Bonchev–Trinajstić information content (AvgIpc) is 2.96. The SMILES string of the molecule is COC(=O)[C@H](Cc1ccc(NC(=O)c2cccnc2)cc1)Nc1c(N(C)CCc2ccncc2)c(=O)c1=O. The molecule has 0 bridgehead atoms. The highest BCUT2D eigenvalue weighted by Gasteiger charge is 2.29. The van der Waals surface area contributed by atoms with Gasteiger partial charge in [-0.25, -0.2) is 4.79 Å². The third kappa shape index (κ3) is 6.09. The maximum atomic E-state index is 12.6. The molecule has 2 N–H and O–H groups in total. The number of nitrogens with zero attached hydrogens (tertiary/aromatic N) is 3. The first-order chi connectivity index (χ1) is 18.4. The Hall–Kier alpha value is -4.86. The topological polar surface area (TPSA) is 131 Å². The van der Waals surface area contributed by atoms with Gasteiger partial charge in [0.25, 0.3) is 16.8 Å². The third-order valence-corrected chi connectivity index (χ3v) is 6.13. The van der Waals surface area contributed by atoms with Gasteiger partial charge in [0.05, 0.1) is 12.7 Å². The Labute approximate surface area is 219 Å². The number of likely N-dealkylation sites (N-methyl/N-ethyl adjacent to an activating group) is 1. The normalized spacial score (nSPS) is 11.5. The van der Waals surface area contributed by atoms with Crippen LogP contribution in [0, 0.1) is 0 Å². The molecule has 4 aromatic rings. The number of pyridine rings is 2. The summed E-state index contributed by atoms with van der Waals surface area (Å²) in [5.41, 5.74) is 1.90. The highest BCUT2D eigenvalue weighted by Crippen LogP contribution is 2.22. The van der Waals surface area contributed by atoms with Crippen LogP contribution in [0.1, 0.15) is 21.5 Å². The average molecular weight is 514 g/mol. The summed E-state index contributed by atoms with van der Waals surface area (Å²) in [6.45, 7) is 0.499. The van der Waals surface area contributed by atoms with E-state index in [0.717, 1.165) is 11.1 Å². The molecule has 10 nitrogen and oxygen atoms in total. The summed E-state index contributed by atoms with van der Waals surface area (Å²) < 4.78 is 4.94. The van der Waals surface area contributed by atoms with E-state index in [1.165, 1.54) is 13.3 Å². The van der Waals surface area contributed by atoms with Gasteiger partial charge in [-0.1, -0.05) is 12.1 Å². The number of carbonyl (C=O) groups excluding carboxylic acids is 2. The molecular formula is C28H27N5O5. The van der Waals surface area contributed by atoms with Crippen molar-refractivity contribution < 1.29 is 14.3 Å². The number of benzene rings is 1. The Balaban J connectivity index is 1.43. The van der Waals surface area contributed by atoms with Gasteiger partial charge in [-0.2, -0.15) is 0 Å². The van der Waals surface area contributed by atoms with Gasteiger partial charge in [-0.15, -0.1) is 0 Å². The first kappa shape index (κ1) is 26.2. The predicted octanol–water partition coefficient (Wildman–Crippen LogP) is 2.20. The van der Waals surface area contributed by atoms with Crippen LogP contribution in [0.4, 0.5) is 17.1 Å². The number of nitrogens with one attached hydrogen (secondary N) is 2. The van der Waals surface area contributed by atoms with Crippen LogP contribution in [0.15, 0.2) is 82.9 Å². The second kappa shape index (κ2) is 11.9. The summed E-state index contributed by atoms with van der Waals surface area (Å²) in [5.74, 6) is -0.863. The summed E-state index contributed by atoms with van der Waals surface area (Å²) in [5, 5.41) is 5.73. The molecule has 0 aliphatic carbocycles. The second-order valence-corrected chi connectivity index (χ2v) is 8.73. The van der Waals surface area contributed by atoms with E-state index in [1.54, 1.807) is 66.9 Å². The summed E-state index contributed by atoms with van der Waals surface area (Å²) >= 11 is 0. The van der Waals surface area contributed by atoms with Crippen molar-refractivity contribution in [2.45, 2.75) is 18.9 Å². The van der Waals surface area contributed by atoms with Gasteiger partial charge in [0.15, 0.2) is 0 Å². The molecule has 0 unspecified atom stereocenters. The summed E-state index contributed by atoms with van der Waals surface area (Å²) in [7, 11) is 2.99. The van der Waals surface area contributed by atoms with Crippen molar-refractivity contribution in [3.8, 4) is 0 Å². The molecule has 0 aliphatic rings. The maximum absolute atomic E-state index is 12.6. The lowest BCUT2D eigenvalue weighted by Gasteiger charge is -2.26. The van der Waals surface area contributed by atoms with E-state index >= 15 is 0 Å². The van der Waals surface area contributed by atoms with E-state index < -0.39 is 22.9 Å². The molecule has 1 atom stereocenters. The minimum Gasteiger partial charge on any atom is -0.467 e. The van der Waals surface area contributed by atoms with E-state index in [-0.39, 0.29) is 23.7 Å². The standard InChI is InChI=1S/C28H27N5O5/c1-33(15-11-18-9-13-29-14-10-18)24-23(25(34)26(24)35)32-22(28(37)38-2)16-19-5-7-21(8-6-19)31-27(36)20-4-3-12-30-17-20/h3-10,12-14,17,22,32H,11,15-16H2,1-2H3,(H,31,36)/t22-/m0/s1. The molecule has 0 radical (unpaired) electrons. The first-order valence-corrected chi connectivity index (χ1v) is 12.0. The molecule has 2 aromatic carbocycles. The van der Waals surface area contributed by atoms with Gasteiger partial charge < -0.3 is 20.3 Å². The Kier molecular flexibility index (Phi) is 8.22. The van der Waals surface area contributed by atoms with Gasteiger partial charge in [-0.3, -0.25) is 24.4 Å². The van der Waals surface area contributed by atoms with Crippen molar-refractivity contribution >= 4 is 28.9 Å². The number of aromatic nitrogens is 2. The number of amides is 1. The number of ether oxygens (including phenoxy) is 1. The Morgan fingerprint density at radius 3 is 2.34 bits per heavy atom. The van der Waals surface area contributed by atoms with E-state index in [9.17, 15) is 19.2 Å². The molecule has 0 spiro atoms. The number of methoxy groups -OCH3 is 1. The molecule has 10 heteroatoms. The molecule has 38 heavy (non-hydrogen) atoms. The monoisotopic (exact) mass is 513 g/mol. The first-order valence-electron chi connectivity index (χ1n) is 12.0. The lowest BCUT2D eigenvalue weighted by molar-refractivity contribution is -0.141. The van der Waals surface area contributed by atoms with Gasteiger partial charge in [-0.05, 0) is 53.9 Å². The molecule has 0 fully saturated rings. The molecule has 2 heterocycles. The van der Waals surface area contributed by atoms with Crippen LogP contribution in [0.2, 0.25) is 0 Å². The van der Waals surface area contributed by atoms with Crippen LogP contribution in [0.5, 0.6) is 0 Å². The van der Waals surface area contributed by atoms with Crippen LogP contribution in [-0.2, 0) is 22.4 Å². The number of anilines is 3. The number of carbonyl (C=O) groups is 2. The highest BCUT2D eigenvalue weighted by atomic mass is 16.5. The molecule has 0 saturated heterocycles. The zero-order chi connectivity index (χ0) is 27.1. The van der Waals surface area contributed by atoms with E-state index in [4.69, 9.17) is 4.74 Å². The van der Waals surface area contributed by atoms with Crippen molar-refractivity contribution in [3.63, 3.8) is 0 Å². The molecule has 4 rings (SSSR count). The lowest BCUT2D eigenvalue weighted by Crippen LogP contribution is -2.45. The molecule has 1 amide bonds.